The van der Waals surface area contributed by atoms with E-state index in [4.69, 9.17) is 16.2 Å². The van der Waals surface area contributed by atoms with Crippen LogP contribution in [0.1, 0.15) is 25.3 Å². The van der Waals surface area contributed by atoms with Gasteiger partial charge in [0.25, 0.3) is 0 Å². The Morgan fingerprint density at radius 3 is 2.59 bits per heavy atom. The highest BCUT2D eigenvalue weighted by atomic mass is 19.1. The van der Waals surface area contributed by atoms with Crippen LogP contribution in [0.2, 0.25) is 0 Å². The second kappa shape index (κ2) is 11.6. The molecule has 1 aliphatic heterocycles. The summed E-state index contributed by atoms with van der Waals surface area (Å²) in [5.74, 6) is -1.11. The molecule has 0 aliphatic carbocycles. The van der Waals surface area contributed by atoms with Gasteiger partial charge in [0.05, 0.1) is 24.8 Å². The number of carbonyl (C=O) groups excluding carboxylic acids is 3. The Bertz CT molecular complexity index is 1030. The third-order valence-electron chi connectivity index (χ3n) is 5.57. The van der Waals surface area contributed by atoms with Crippen molar-refractivity contribution >= 4 is 23.6 Å². The van der Waals surface area contributed by atoms with Gasteiger partial charge >= 0.3 is 6.09 Å². The third kappa shape index (κ3) is 6.52. The minimum absolute atomic E-state index is 0.201. The van der Waals surface area contributed by atoms with Crippen molar-refractivity contribution in [2.45, 2.75) is 38.5 Å². The van der Waals surface area contributed by atoms with Crippen LogP contribution in [-0.2, 0) is 20.9 Å². The van der Waals surface area contributed by atoms with Crippen molar-refractivity contribution in [3.8, 4) is 11.1 Å². The maximum absolute atomic E-state index is 14.9. The minimum Gasteiger partial charge on any atom is -0.442 e. The topological polar surface area (TPSA) is 140 Å². The van der Waals surface area contributed by atoms with Gasteiger partial charge in [0, 0.05) is 19.0 Å². The Morgan fingerprint density at radius 1 is 1.24 bits per heavy atom. The van der Waals surface area contributed by atoms with Gasteiger partial charge in [-0.3, -0.25) is 14.5 Å². The first-order valence-electron chi connectivity index (χ1n) is 11.1. The molecule has 9 nitrogen and oxygen atoms in total. The fourth-order valence-electron chi connectivity index (χ4n) is 3.71. The molecule has 0 spiro atoms. The summed E-state index contributed by atoms with van der Waals surface area (Å²) in [6.45, 7) is 2.73. The van der Waals surface area contributed by atoms with Gasteiger partial charge in [-0.15, -0.1) is 0 Å². The normalized spacial score (nSPS) is 16.3. The molecule has 0 aromatic heterocycles. The molecule has 1 aliphatic rings. The Morgan fingerprint density at radius 2 is 1.97 bits per heavy atom. The van der Waals surface area contributed by atoms with Gasteiger partial charge in [0.2, 0.25) is 11.8 Å². The van der Waals surface area contributed by atoms with Crippen LogP contribution in [0.4, 0.5) is 14.9 Å². The smallest absolute Gasteiger partial charge is 0.414 e. The van der Waals surface area contributed by atoms with Crippen molar-refractivity contribution in [3.63, 3.8) is 0 Å². The predicted molar refractivity (Wildman–Crippen MR) is 126 cm³/mol. The zero-order valence-corrected chi connectivity index (χ0v) is 19.1. The van der Waals surface area contributed by atoms with Crippen LogP contribution in [0.3, 0.4) is 0 Å². The number of nitrogens with one attached hydrogen (secondary N) is 2. The summed E-state index contributed by atoms with van der Waals surface area (Å²) in [5, 5.41) is 5.73. The molecule has 1 fully saturated rings. The van der Waals surface area contributed by atoms with E-state index in [-0.39, 0.29) is 19.0 Å². The van der Waals surface area contributed by atoms with Crippen LogP contribution in [0.25, 0.3) is 11.1 Å². The first-order chi connectivity index (χ1) is 16.3. The van der Waals surface area contributed by atoms with E-state index in [1.54, 1.807) is 24.3 Å². The van der Waals surface area contributed by atoms with E-state index in [0.29, 0.717) is 42.7 Å². The molecule has 0 bridgehead atoms. The Balaban J connectivity index is 1.64. The van der Waals surface area contributed by atoms with Gasteiger partial charge in [-0.1, -0.05) is 24.3 Å². The average molecular weight is 472 g/mol. The van der Waals surface area contributed by atoms with E-state index < -0.39 is 30.0 Å². The summed E-state index contributed by atoms with van der Waals surface area (Å²) in [5.41, 5.74) is 13.3. The Hall–Kier alpha value is -3.50. The first-order valence-corrected chi connectivity index (χ1v) is 11.1. The van der Waals surface area contributed by atoms with Crippen LogP contribution < -0.4 is 27.0 Å². The van der Waals surface area contributed by atoms with Crippen LogP contribution >= 0.6 is 0 Å². The molecule has 10 heteroatoms. The van der Waals surface area contributed by atoms with Gasteiger partial charge < -0.3 is 26.8 Å². The Labute approximate surface area is 197 Å². The fraction of sp³-hybridized carbons (Fsp3) is 0.375. The largest absolute Gasteiger partial charge is 0.442 e. The lowest BCUT2D eigenvalue weighted by Gasteiger charge is -2.16. The van der Waals surface area contributed by atoms with Crippen LogP contribution in [0.5, 0.6) is 0 Å². The van der Waals surface area contributed by atoms with Crippen molar-refractivity contribution in [1.82, 2.24) is 10.6 Å². The molecule has 2 atom stereocenters. The van der Waals surface area contributed by atoms with E-state index in [2.05, 4.69) is 10.6 Å². The molecule has 2 unspecified atom stereocenters. The number of hydrogen-bond donors (Lipinski definition) is 4. The summed E-state index contributed by atoms with van der Waals surface area (Å²) in [6.07, 6.45) is 0.185. The number of carbonyl (C=O) groups is 3. The average Bonchev–Trinajstić information content (AvgIpc) is 3.18. The molecule has 182 valence electrons. The summed E-state index contributed by atoms with van der Waals surface area (Å²) in [7, 11) is 0. The first kappa shape index (κ1) is 25.1. The van der Waals surface area contributed by atoms with Crippen LogP contribution in [-0.4, -0.2) is 49.7 Å². The molecule has 0 radical (unpaired) electrons. The molecular weight excluding hydrogens is 441 g/mol. The van der Waals surface area contributed by atoms with Gasteiger partial charge in [0.15, 0.2) is 0 Å². The van der Waals surface area contributed by atoms with Crippen molar-refractivity contribution in [3.05, 3.63) is 53.8 Å². The van der Waals surface area contributed by atoms with Crippen LogP contribution in [0, 0.1) is 5.82 Å². The summed E-state index contributed by atoms with van der Waals surface area (Å²) >= 11 is 0. The van der Waals surface area contributed by atoms with Gasteiger partial charge in [-0.05, 0) is 48.7 Å². The second-order valence-corrected chi connectivity index (χ2v) is 8.18. The molecular formula is C24H30FN5O4. The number of nitrogens with zero attached hydrogens (tertiary/aromatic N) is 1. The molecule has 1 saturated heterocycles. The summed E-state index contributed by atoms with van der Waals surface area (Å²) < 4.78 is 20.2. The number of amides is 3. The molecule has 3 amide bonds. The highest BCUT2D eigenvalue weighted by molar-refractivity contribution is 5.90. The SMILES string of the molecule is CC(=O)NCC1CN(c2ccc(-c3ccc(CNC(CCCN)C(N)=O)cc3)c(F)c2)C(=O)O1. The second-order valence-electron chi connectivity index (χ2n) is 8.18. The van der Waals surface area contributed by atoms with E-state index in [0.717, 1.165) is 5.56 Å². The number of cyclic esters (lactones) is 1. The predicted octanol–water partition coefficient (Wildman–Crippen LogP) is 1.64. The lowest BCUT2D eigenvalue weighted by Crippen LogP contribution is -2.41. The number of ether oxygens (including phenoxy) is 1. The highest BCUT2D eigenvalue weighted by Gasteiger charge is 2.32. The molecule has 6 N–H and O–H groups in total. The van der Waals surface area contributed by atoms with E-state index >= 15 is 0 Å². The summed E-state index contributed by atoms with van der Waals surface area (Å²) in [4.78, 5) is 36.1. The Kier molecular flexibility index (Phi) is 8.55. The molecule has 34 heavy (non-hydrogen) atoms. The maximum atomic E-state index is 14.9. The quantitative estimate of drug-likeness (QED) is 0.393. The maximum Gasteiger partial charge on any atom is 0.414 e. The molecule has 2 aromatic rings. The van der Waals surface area contributed by atoms with Crippen molar-refractivity contribution in [2.75, 3.05) is 24.5 Å². The van der Waals surface area contributed by atoms with Crippen molar-refractivity contribution in [1.29, 1.82) is 0 Å². The number of primary amides is 1. The number of halogens is 1. The van der Waals surface area contributed by atoms with Gasteiger partial charge in [0.1, 0.15) is 11.9 Å². The van der Waals surface area contributed by atoms with E-state index in [1.165, 1.54) is 17.9 Å². The highest BCUT2D eigenvalue weighted by Crippen LogP contribution is 2.29. The lowest BCUT2D eigenvalue weighted by atomic mass is 10.0. The monoisotopic (exact) mass is 471 g/mol. The molecule has 3 rings (SSSR count). The number of nitrogens with two attached hydrogens (primary N) is 2. The zero-order valence-electron chi connectivity index (χ0n) is 19.1. The number of benzene rings is 2. The molecule has 1 heterocycles. The van der Waals surface area contributed by atoms with Gasteiger partial charge in [-0.25, -0.2) is 9.18 Å². The number of hydrogen-bond acceptors (Lipinski definition) is 6. The fourth-order valence-corrected chi connectivity index (χ4v) is 3.71. The summed E-state index contributed by atoms with van der Waals surface area (Å²) in [6, 6.07) is 11.4. The van der Waals surface area contributed by atoms with Crippen molar-refractivity contribution in [2.24, 2.45) is 11.5 Å². The van der Waals surface area contributed by atoms with E-state index in [1.807, 2.05) is 12.1 Å². The lowest BCUT2D eigenvalue weighted by molar-refractivity contribution is -0.120. The molecule has 2 aromatic carbocycles. The van der Waals surface area contributed by atoms with Crippen molar-refractivity contribution < 1.29 is 23.5 Å². The number of rotatable bonds is 11. The standard InChI is InChI=1S/C24H30FN5O4/c1-15(31)28-13-19-14-30(24(33)34-19)18-8-9-20(21(25)11-18)17-6-4-16(5-7-17)12-29-22(23(27)32)3-2-10-26/h4-9,11,19,22,29H,2-3,10,12-14,26H2,1H3,(H2,27,32)(H,28,31). The van der Waals surface area contributed by atoms with E-state index in [9.17, 15) is 18.8 Å². The molecule has 0 saturated carbocycles. The number of anilines is 1. The van der Waals surface area contributed by atoms with Crippen LogP contribution in [0.15, 0.2) is 42.5 Å². The zero-order chi connectivity index (χ0) is 24.7. The minimum atomic E-state index is -0.583. The van der Waals surface area contributed by atoms with Gasteiger partial charge in [-0.2, -0.15) is 0 Å². The third-order valence-corrected chi connectivity index (χ3v) is 5.57.